The summed E-state index contributed by atoms with van der Waals surface area (Å²) in [4.78, 5) is 24.7. The van der Waals surface area contributed by atoms with E-state index < -0.39 is 15.9 Å². The maximum atomic E-state index is 13.5. The molecule has 1 fully saturated rings. The van der Waals surface area contributed by atoms with Gasteiger partial charge in [0.25, 0.3) is 15.9 Å². The molecule has 0 aromatic heterocycles. The summed E-state index contributed by atoms with van der Waals surface area (Å²) in [6.07, 6.45) is 2.04. The number of piperidine rings is 1. The van der Waals surface area contributed by atoms with Crippen LogP contribution >= 0.6 is 0 Å². The number of anilines is 2. The van der Waals surface area contributed by atoms with Crippen molar-refractivity contribution in [3.63, 3.8) is 0 Å². The minimum atomic E-state index is -4.02. The first-order valence-corrected chi connectivity index (χ1v) is 13.7. The van der Waals surface area contributed by atoms with Gasteiger partial charge in [-0.2, -0.15) is 12.8 Å². The van der Waals surface area contributed by atoms with Crippen molar-refractivity contribution >= 4 is 33.2 Å². The lowest BCUT2D eigenvalue weighted by molar-refractivity contribution is -0.120. The molecule has 1 saturated heterocycles. The smallest absolute Gasteiger partial charge is 0.281 e. The van der Waals surface area contributed by atoms with Gasteiger partial charge in [-0.25, -0.2) is 0 Å². The summed E-state index contributed by atoms with van der Waals surface area (Å²) in [6.45, 7) is 2.35. The van der Waals surface area contributed by atoms with Crippen LogP contribution in [0, 0.1) is 5.92 Å². The van der Waals surface area contributed by atoms with E-state index in [1.165, 1.54) is 24.3 Å². The maximum absolute atomic E-state index is 13.5. The van der Waals surface area contributed by atoms with Crippen LogP contribution in [0.2, 0.25) is 0 Å². The maximum Gasteiger partial charge on any atom is 0.281 e. The molecule has 3 aromatic carbocycles. The second-order valence-electron chi connectivity index (χ2n) is 8.79. The highest BCUT2D eigenvalue weighted by Gasteiger charge is 2.26. The third kappa shape index (κ3) is 7.08. The summed E-state index contributed by atoms with van der Waals surface area (Å²) in [5.41, 5.74) is 4.25. The van der Waals surface area contributed by atoms with Gasteiger partial charge in [0.2, 0.25) is 5.91 Å². The molecular weight excluding hydrogens is 490 g/mol. The average Bonchev–Trinajstić information content (AvgIpc) is 2.95. The highest BCUT2D eigenvalue weighted by Crippen LogP contribution is 2.25. The van der Waals surface area contributed by atoms with Gasteiger partial charge < -0.3 is 16.0 Å². The van der Waals surface area contributed by atoms with E-state index in [-0.39, 0.29) is 22.9 Å². The Morgan fingerprint density at radius 1 is 0.838 bits per heavy atom. The van der Waals surface area contributed by atoms with Crippen LogP contribution in [0.3, 0.4) is 0 Å². The van der Waals surface area contributed by atoms with Gasteiger partial charge in [-0.3, -0.25) is 15.0 Å². The van der Waals surface area contributed by atoms with Gasteiger partial charge in [0.15, 0.2) is 0 Å². The molecule has 0 spiro atoms. The quantitative estimate of drug-likeness (QED) is 0.305. The predicted octanol–water partition coefficient (Wildman–Crippen LogP) is 2.75. The molecule has 0 aliphatic carbocycles. The number of benzene rings is 3. The van der Waals surface area contributed by atoms with E-state index in [9.17, 15) is 18.0 Å². The first-order valence-electron chi connectivity index (χ1n) is 12.2. The number of amides is 2. The van der Waals surface area contributed by atoms with E-state index in [0.29, 0.717) is 23.8 Å². The van der Waals surface area contributed by atoms with Crippen molar-refractivity contribution in [2.75, 3.05) is 36.0 Å². The molecule has 1 aliphatic rings. The topological polar surface area (TPSA) is 120 Å². The van der Waals surface area contributed by atoms with Gasteiger partial charge in [0, 0.05) is 12.1 Å². The van der Waals surface area contributed by atoms with Crippen LogP contribution in [0.4, 0.5) is 11.4 Å². The Balaban J connectivity index is 1.40. The van der Waals surface area contributed by atoms with Crippen LogP contribution in [0.5, 0.6) is 0 Å². The molecule has 194 valence electrons. The summed E-state index contributed by atoms with van der Waals surface area (Å²) in [5, 5.41) is 8.74. The van der Waals surface area contributed by atoms with E-state index in [4.69, 9.17) is 0 Å². The largest absolute Gasteiger partial charge is 0.354 e. The Morgan fingerprint density at radius 2 is 1.46 bits per heavy atom. The number of hydrogen-bond acceptors (Lipinski definition) is 6. The van der Waals surface area contributed by atoms with Crippen molar-refractivity contribution in [1.82, 2.24) is 16.0 Å². The third-order valence-electron chi connectivity index (χ3n) is 6.11. The molecule has 37 heavy (non-hydrogen) atoms. The van der Waals surface area contributed by atoms with Gasteiger partial charge in [0.1, 0.15) is 0 Å². The molecule has 0 atom stereocenters. The van der Waals surface area contributed by atoms with Crippen molar-refractivity contribution in [3.8, 4) is 0 Å². The Morgan fingerprint density at radius 3 is 2.11 bits per heavy atom. The van der Waals surface area contributed by atoms with Crippen LogP contribution in [0.1, 0.15) is 23.2 Å². The number of rotatable bonds is 10. The SMILES string of the molecule is O=C(CNC(=O)c1ccc(S(=O)(=O)N(Nc2ccccc2)c2ccccc2)cc1)NCC1CCNCC1. The van der Waals surface area contributed by atoms with Crippen molar-refractivity contribution in [3.05, 3.63) is 90.5 Å². The molecule has 1 heterocycles. The second kappa shape index (κ2) is 12.4. The first kappa shape index (κ1) is 26.2. The zero-order chi connectivity index (χ0) is 26.1. The van der Waals surface area contributed by atoms with Crippen molar-refractivity contribution in [1.29, 1.82) is 0 Å². The van der Waals surface area contributed by atoms with Crippen LogP contribution in [-0.2, 0) is 14.8 Å². The number of nitrogens with one attached hydrogen (secondary N) is 4. The van der Waals surface area contributed by atoms with E-state index in [0.717, 1.165) is 30.3 Å². The van der Waals surface area contributed by atoms with Gasteiger partial charge >= 0.3 is 0 Å². The summed E-state index contributed by atoms with van der Waals surface area (Å²) < 4.78 is 28.2. The number of carbonyl (C=O) groups is 2. The lowest BCUT2D eigenvalue weighted by Crippen LogP contribution is -2.41. The third-order valence-corrected chi connectivity index (χ3v) is 7.76. The summed E-state index contributed by atoms with van der Waals surface area (Å²) in [5.74, 6) is -0.262. The number of para-hydroxylation sites is 2. The number of hydrogen-bond donors (Lipinski definition) is 4. The normalized spacial score (nSPS) is 13.9. The monoisotopic (exact) mass is 521 g/mol. The molecule has 2 amide bonds. The average molecular weight is 522 g/mol. The predicted molar refractivity (Wildman–Crippen MR) is 144 cm³/mol. The number of hydrazine groups is 1. The molecule has 4 rings (SSSR count). The van der Waals surface area contributed by atoms with E-state index in [2.05, 4.69) is 21.4 Å². The molecule has 4 N–H and O–H groups in total. The first-order chi connectivity index (χ1) is 17.9. The number of sulfonamides is 1. The van der Waals surface area contributed by atoms with E-state index >= 15 is 0 Å². The van der Waals surface area contributed by atoms with E-state index in [1.54, 1.807) is 54.6 Å². The fraction of sp³-hybridized carbons (Fsp3) is 0.259. The van der Waals surface area contributed by atoms with Crippen LogP contribution in [0.25, 0.3) is 0 Å². The lowest BCUT2D eigenvalue weighted by atomic mass is 9.98. The van der Waals surface area contributed by atoms with Crippen molar-refractivity contribution in [2.45, 2.75) is 17.7 Å². The zero-order valence-electron chi connectivity index (χ0n) is 20.4. The summed E-state index contributed by atoms with van der Waals surface area (Å²) in [7, 11) is -4.02. The zero-order valence-corrected chi connectivity index (χ0v) is 21.2. The van der Waals surface area contributed by atoms with Crippen LogP contribution in [-0.4, -0.2) is 46.4 Å². The fourth-order valence-electron chi connectivity index (χ4n) is 4.01. The molecule has 9 nitrogen and oxygen atoms in total. The van der Waals surface area contributed by atoms with Gasteiger partial charge in [-0.15, -0.1) is 0 Å². The van der Waals surface area contributed by atoms with Gasteiger partial charge in [-0.05, 0) is 80.4 Å². The fourth-order valence-corrected chi connectivity index (χ4v) is 5.33. The minimum absolute atomic E-state index is 0.0102. The standard InChI is InChI=1S/C27H31N5O4S/c33-26(29-19-21-15-17-28-18-16-21)20-30-27(34)22-11-13-25(14-12-22)37(35,36)32(24-9-5-2-6-10-24)31-23-7-3-1-4-8-23/h1-14,21,28,31H,15-20H2,(H,29,33)(H,30,34). The molecule has 0 bridgehead atoms. The summed E-state index contributed by atoms with van der Waals surface area (Å²) in [6, 6.07) is 23.3. The van der Waals surface area contributed by atoms with Crippen molar-refractivity contribution in [2.24, 2.45) is 5.92 Å². The second-order valence-corrected chi connectivity index (χ2v) is 10.6. The van der Waals surface area contributed by atoms with Crippen LogP contribution < -0.4 is 25.8 Å². The molecule has 1 aliphatic heterocycles. The number of nitrogens with zero attached hydrogens (tertiary/aromatic N) is 1. The highest BCUT2D eigenvalue weighted by atomic mass is 32.2. The Hall–Kier alpha value is -3.89. The molecule has 0 unspecified atom stereocenters. The van der Waals surface area contributed by atoms with Crippen molar-refractivity contribution < 1.29 is 18.0 Å². The number of carbonyl (C=O) groups excluding carboxylic acids is 2. The highest BCUT2D eigenvalue weighted by molar-refractivity contribution is 7.92. The molecular formula is C27H31N5O4S. The molecule has 0 saturated carbocycles. The lowest BCUT2D eigenvalue weighted by Gasteiger charge is -2.26. The minimum Gasteiger partial charge on any atom is -0.354 e. The Kier molecular flexibility index (Phi) is 8.76. The Bertz CT molecular complexity index is 1280. The molecule has 10 heteroatoms. The van der Waals surface area contributed by atoms with Gasteiger partial charge in [0.05, 0.1) is 22.8 Å². The van der Waals surface area contributed by atoms with Crippen LogP contribution in [0.15, 0.2) is 89.8 Å². The molecule has 0 radical (unpaired) electrons. The van der Waals surface area contributed by atoms with E-state index in [1.807, 2.05) is 6.07 Å². The summed E-state index contributed by atoms with van der Waals surface area (Å²) >= 11 is 0. The Labute approximate surface area is 217 Å². The van der Waals surface area contributed by atoms with Gasteiger partial charge in [-0.1, -0.05) is 36.4 Å². The molecule has 3 aromatic rings.